The number of ether oxygens (including phenoxy) is 3. The Labute approximate surface area is 284 Å². The summed E-state index contributed by atoms with van der Waals surface area (Å²) in [6.07, 6.45) is 3.98. The zero-order valence-electron chi connectivity index (χ0n) is 28.4. The van der Waals surface area contributed by atoms with Crippen LogP contribution in [0.1, 0.15) is 78.7 Å². The highest BCUT2D eigenvalue weighted by atomic mass is 19.3. The lowest BCUT2D eigenvalue weighted by atomic mass is 9.85. The third kappa shape index (κ3) is 7.16. The highest BCUT2D eigenvalue weighted by molar-refractivity contribution is 5.89. The van der Waals surface area contributed by atoms with Crippen LogP contribution >= 0.6 is 0 Å². The molecule has 3 aromatic rings. The first-order valence-corrected chi connectivity index (χ1v) is 16.9. The molecule has 1 saturated carbocycles. The average molecular weight is 680 g/mol. The number of aromatic nitrogens is 3. The summed E-state index contributed by atoms with van der Waals surface area (Å²) in [6.45, 7) is 9.06. The van der Waals surface area contributed by atoms with Crippen LogP contribution in [-0.4, -0.2) is 68.5 Å². The quantitative estimate of drug-likeness (QED) is 0.304. The summed E-state index contributed by atoms with van der Waals surface area (Å²) < 4.78 is 50.4. The molecule has 13 heteroatoms. The van der Waals surface area contributed by atoms with Crippen molar-refractivity contribution in [1.29, 1.82) is 0 Å². The van der Waals surface area contributed by atoms with Crippen molar-refractivity contribution in [3.05, 3.63) is 48.4 Å². The summed E-state index contributed by atoms with van der Waals surface area (Å²) >= 11 is 0. The maximum Gasteiger partial charge on any atom is 0.408 e. The van der Waals surface area contributed by atoms with Gasteiger partial charge in [0.2, 0.25) is 17.7 Å². The second-order valence-corrected chi connectivity index (χ2v) is 14.7. The molecular weight excluding hydrogens is 636 g/mol. The Morgan fingerprint density at radius 3 is 2.65 bits per heavy atom. The molecule has 2 fully saturated rings. The van der Waals surface area contributed by atoms with Gasteiger partial charge >= 0.3 is 6.09 Å². The highest BCUT2D eigenvalue weighted by Gasteiger charge is 2.54. The molecule has 4 heterocycles. The minimum atomic E-state index is -3.29. The van der Waals surface area contributed by atoms with Crippen LogP contribution in [0, 0.1) is 17.3 Å². The lowest BCUT2D eigenvalue weighted by Gasteiger charge is -2.35. The number of rotatable bonds is 4. The number of alkyl carbamates (subject to hydrolysis) is 1. The molecule has 11 nitrogen and oxygen atoms in total. The van der Waals surface area contributed by atoms with E-state index in [-0.39, 0.29) is 30.3 Å². The maximum absolute atomic E-state index is 16.2. The third-order valence-electron chi connectivity index (χ3n) is 10.1. The lowest BCUT2D eigenvalue weighted by Crippen LogP contribution is -2.56. The SMILES string of the molecule is CC[C@@H]1[C@@H]2CN(C(=O)[C@H](C(C)(C)C)NC(=O)O[C@]3(C)C[C@H]3CCCCC(F)(F)c3cc4ccc(Oc5ccncn5)cc4nc3O2)[C@@H]1C=O. The number of amides is 2. The highest BCUT2D eigenvalue weighted by Crippen LogP contribution is 2.50. The first kappa shape index (κ1) is 34.4. The number of carbonyl (C=O) groups is 3. The van der Waals surface area contributed by atoms with Crippen molar-refractivity contribution in [3.8, 4) is 17.5 Å². The van der Waals surface area contributed by atoms with Crippen molar-refractivity contribution in [1.82, 2.24) is 25.2 Å². The fraction of sp³-hybridized carbons (Fsp3) is 0.556. The van der Waals surface area contributed by atoms with Gasteiger partial charge in [-0.1, -0.05) is 34.1 Å². The first-order valence-electron chi connectivity index (χ1n) is 16.9. The Hall–Kier alpha value is -4.42. The van der Waals surface area contributed by atoms with Gasteiger partial charge in [0.15, 0.2) is 0 Å². The predicted molar refractivity (Wildman–Crippen MR) is 175 cm³/mol. The number of fused-ring (bicyclic) bond motifs is 5. The molecule has 2 aliphatic heterocycles. The molecule has 0 unspecified atom stereocenters. The predicted octanol–water partition coefficient (Wildman–Crippen LogP) is 6.59. The maximum atomic E-state index is 16.2. The summed E-state index contributed by atoms with van der Waals surface area (Å²) in [7, 11) is 0. The molecule has 3 aliphatic rings. The molecule has 0 spiro atoms. The van der Waals surface area contributed by atoms with Crippen LogP contribution in [0.25, 0.3) is 10.9 Å². The summed E-state index contributed by atoms with van der Waals surface area (Å²) in [6, 6.07) is 5.99. The van der Waals surface area contributed by atoms with Crippen LogP contribution in [0.3, 0.4) is 0 Å². The normalized spacial score (nSPS) is 29.0. The summed E-state index contributed by atoms with van der Waals surface area (Å²) in [5.41, 5.74) is -1.47. The molecule has 49 heavy (non-hydrogen) atoms. The fourth-order valence-corrected chi connectivity index (χ4v) is 7.10. The number of nitrogens with zero attached hydrogens (tertiary/aromatic N) is 4. The topological polar surface area (TPSA) is 133 Å². The Kier molecular flexibility index (Phi) is 9.23. The van der Waals surface area contributed by atoms with Crippen LogP contribution in [0.2, 0.25) is 0 Å². The van der Waals surface area contributed by atoms with E-state index >= 15 is 8.78 Å². The van der Waals surface area contributed by atoms with Gasteiger partial charge in [-0.25, -0.2) is 28.5 Å². The van der Waals surface area contributed by atoms with E-state index in [4.69, 9.17) is 14.2 Å². The van der Waals surface area contributed by atoms with E-state index in [0.717, 1.165) is 0 Å². The van der Waals surface area contributed by atoms with Crippen LogP contribution in [0.5, 0.6) is 17.5 Å². The number of aldehydes is 1. The van der Waals surface area contributed by atoms with Crippen molar-refractivity contribution in [2.75, 3.05) is 6.54 Å². The third-order valence-corrected chi connectivity index (χ3v) is 10.1. The van der Waals surface area contributed by atoms with Crippen LogP contribution in [0.4, 0.5) is 13.6 Å². The standard InChI is InChI=1S/C36H43F2N5O6/c1-6-24-27(19-44)43-18-28(24)48-31-25(15-21-10-11-23(16-26(21)41-31)47-29-12-14-39-20-40-29)36(37,38)13-8-7-9-22-17-35(22,5)49-33(46)42-30(32(43)45)34(2,3)4/h10-12,14-16,19-20,22,24,27-28,30H,6-9,13,17-18H2,1-5H3,(H,42,46)/t22-,24+,27-,28+,30-,35-/m1/s1. The first-order chi connectivity index (χ1) is 23.2. The number of alkyl halides is 2. The molecule has 1 aromatic carbocycles. The van der Waals surface area contributed by atoms with Gasteiger partial charge in [-0.2, -0.15) is 0 Å². The number of hydrogen-bond donors (Lipinski definition) is 1. The van der Waals surface area contributed by atoms with E-state index in [2.05, 4.69) is 20.3 Å². The average Bonchev–Trinajstić information content (AvgIpc) is 3.54. The lowest BCUT2D eigenvalue weighted by molar-refractivity contribution is -0.139. The monoisotopic (exact) mass is 679 g/mol. The van der Waals surface area contributed by atoms with E-state index < -0.39 is 59.5 Å². The van der Waals surface area contributed by atoms with Gasteiger partial charge in [0.25, 0.3) is 5.92 Å². The molecule has 1 N–H and O–H groups in total. The molecule has 1 aliphatic carbocycles. The number of nitrogens with one attached hydrogen (secondary N) is 1. The van der Waals surface area contributed by atoms with Crippen molar-refractivity contribution in [2.24, 2.45) is 17.3 Å². The minimum absolute atomic E-state index is 0.0265. The Bertz CT molecular complexity index is 1720. The molecule has 2 bridgehead atoms. The van der Waals surface area contributed by atoms with Gasteiger partial charge in [0.1, 0.15) is 36.1 Å². The van der Waals surface area contributed by atoms with Crippen LogP contribution < -0.4 is 14.8 Å². The molecule has 1 saturated heterocycles. The molecular formula is C36H43F2N5O6. The number of carbonyl (C=O) groups excluding carboxylic acids is 3. The minimum Gasteiger partial charge on any atom is -0.472 e. The van der Waals surface area contributed by atoms with E-state index in [9.17, 15) is 14.4 Å². The molecule has 2 aromatic heterocycles. The van der Waals surface area contributed by atoms with Gasteiger partial charge in [0.05, 0.1) is 23.7 Å². The Morgan fingerprint density at radius 1 is 1.16 bits per heavy atom. The zero-order chi connectivity index (χ0) is 35.1. The Morgan fingerprint density at radius 2 is 1.96 bits per heavy atom. The second-order valence-electron chi connectivity index (χ2n) is 14.7. The largest absolute Gasteiger partial charge is 0.472 e. The number of halogens is 2. The van der Waals surface area contributed by atoms with E-state index in [1.807, 2.05) is 34.6 Å². The number of pyridine rings is 1. The molecule has 2 amide bonds. The summed E-state index contributed by atoms with van der Waals surface area (Å²) in [4.78, 5) is 53.9. The van der Waals surface area contributed by atoms with E-state index in [1.165, 1.54) is 23.5 Å². The van der Waals surface area contributed by atoms with E-state index in [0.29, 0.717) is 54.5 Å². The van der Waals surface area contributed by atoms with Crippen molar-refractivity contribution in [3.63, 3.8) is 0 Å². The Balaban J connectivity index is 1.40. The molecule has 6 atom stereocenters. The van der Waals surface area contributed by atoms with Crippen molar-refractivity contribution >= 4 is 29.2 Å². The van der Waals surface area contributed by atoms with Crippen LogP contribution in [0.15, 0.2) is 42.9 Å². The second kappa shape index (κ2) is 13.1. The van der Waals surface area contributed by atoms with Crippen LogP contribution in [-0.2, 0) is 20.2 Å². The molecule has 0 radical (unpaired) electrons. The number of hydrogen-bond acceptors (Lipinski definition) is 9. The van der Waals surface area contributed by atoms with Gasteiger partial charge in [0, 0.05) is 42.0 Å². The van der Waals surface area contributed by atoms with Gasteiger partial charge in [-0.3, -0.25) is 4.79 Å². The summed E-state index contributed by atoms with van der Waals surface area (Å²) in [5.74, 6) is -3.83. The fourth-order valence-electron chi connectivity index (χ4n) is 7.10. The summed E-state index contributed by atoms with van der Waals surface area (Å²) in [5, 5.41) is 3.25. The van der Waals surface area contributed by atoms with Crippen molar-refractivity contribution in [2.45, 2.75) is 103 Å². The van der Waals surface area contributed by atoms with Gasteiger partial charge < -0.3 is 29.2 Å². The van der Waals surface area contributed by atoms with Gasteiger partial charge in [-0.15, -0.1) is 0 Å². The van der Waals surface area contributed by atoms with Gasteiger partial charge in [-0.05, 0) is 56.2 Å². The molecule has 6 rings (SSSR count). The number of benzene rings is 1. The van der Waals surface area contributed by atoms with Crippen molar-refractivity contribution < 1.29 is 37.4 Å². The van der Waals surface area contributed by atoms with E-state index in [1.54, 1.807) is 24.3 Å². The molecule has 262 valence electrons. The zero-order valence-corrected chi connectivity index (χ0v) is 28.4. The smallest absolute Gasteiger partial charge is 0.408 e.